The molecule has 0 saturated heterocycles. The molecular weight excluding hydrogens is 442 g/mol. The Labute approximate surface area is 199 Å². The van der Waals surface area contributed by atoms with Crippen molar-refractivity contribution in [2.45, 2.75) is 57.7 Å². The van der Waals surface area contributed by atoms with E-state index in [-0.39, 0.29) is 23.8 Å². The lowest BCUT2D eigenvalue weighted by molar-refractivity contribution is -0.134. The van der Waals surface area contributed by atoms with Crippen LogP contribution in [-0.4, -0.2) is 54.6 Å². The van der Waals surface area contributed by atoms with Crippen LogP contribution in [0.3, 0.4) is 0 Å². The van der Waals surface area contributed by atoms with Crippen molar-refractivity contribution >= 4 is 40.3 Å². The Morgan fingerprint density at radius 1 is 0.970 bits per heavy atom. The zero-order valence-corrected chi connectivity index (χ0v) is 20.5. The van der Waals surface area contributed by atoms with Gasteiger partial charge in [0.15, 0.2) is 0 Å². The summed E-state index contributed by atoms with van der Waals surface area (Å²) in [7, 11) is 3.44. The molecule has 1 fully saturated rings. The fourth-order valence-corrected chi connectivity index (χ4v) is 4.34. The van der Waals surface area contributed by atoms with Crippen molar-refractivity contribution in [1.29, 1.82) is 0 Å². The van der Waals surface area contributed by atoms with E-state index >= 15 is 0 Å². The number of nitrogens with one attached hydrogen (secondary N) is 2. The lowest BCUT2D eigenvalue weighted by Crippen LogP contribution is -2.56. The van der Waals surface area contributed by atoms with Crippen LogP contribution in [0.25, 0.3) is 10.8 Å². The minimum Gasteiger partial charge on any atom is -0.444 e. The molecule has 0 bridgehead atoms. The zero-order valence-electron chi connectivity index (χ0n) is 19.8. The molecule has 3 rings (SSSR count). The lowest BCUT2D eigenvalue weighted by Gasteiger charge is -2.37. The maximum atomic E-state index is 13.1. The van der Waals surface area contributed by atoms with Crippen molar-refractivity contribution in [2.24, 2.45) is 5.92 Å². The lowest BCUT2D eigenvalue weighted by atomic mass is 9.81. The van der Waals surface area contributed by atoms with Crippen LogP contribution in [0.15, 0.2) is 36.4 Å². The molecule has 0 heterocycles. The molecule has 3 atom stereocenters. The van der Waals surface area contributed by atoms with Crippen molar-refractivity contribution < 1.29 is 19.1 Å². The van der Waals surface area contributed by atoms with Gasteiger partial charge in [0.2, 0.25) is 5.91 Å². The van der Waals surface area contributed by atoms with E-state index in [0.29, 0.717) is 29.8 Å². The zero-order chi connectivity index (χ0) is 24.3. The third-order valence-electron chi connectivity index (χ3n) is 5.72. The number of alkyl carbamates (subject to hydrolysis) is 1. The molecule has 2 N–H and O–H groups in total. The summed E-state index contributed by atoms with van der Waals surface area (Å²) in [5.41, 5.74) is -0.128. The number of hydrogen-bond acceptors (Lipinski definition) is 4. The van der Waals surface area contributed by atoms with Crippen molar-refractivity contribution in [1.82, 2.24) is 15.5 Å². The van der Waals surface area contributed by atoms with Gasteiger partial charge >= 0.3 is 6.09 Å². The van der Waals surface area contributed by atoms with Gasteiger partial charge in [-0.1, -0.05) is 23.7 Å². The molecule has 0 spiro atoms. The van der Waals surface area contributed by atoms with Crippen molar-refractivity contribution in [3.05, 3.63) is 47.0 Å². The first-order chi connectivity index (χ1) is 15.4. The van der Waals surface area contributed by atoms with Gasteiger partial charge in [0.1, 0.15) is 5.60 Å². The van der Waals surface area contributed by atoms with Crippen molar-refractivity contribution in [3.63, 3.8) is 0 Å². The van der Waals surface area contributed by atoms with E-state index in [9.17, 15) is 14.4 Å². The predicted molar refractivity (Wildman–Crippen MR) is 129 cm³/mol. The van der Waals surface area contributed by atoms with Crippen LogP contribution in [0, 0.1) is 5.92 Å². The quantitative estimate of drug-likeness (QED) is 0.690. The molecule has 0 radical (unpaired) electrons. The van der Waals surface area contributed by atoms with Gasteiger partial charge in [0, 0.05) is 36.6 Å². The number of carbonyl (C=O) groups excluding carboxylic acids is 3. The van der Waals surface area contributed by atoms with E-state index in [1.165, 1.54) is 0 Å². The Morgan fingerprint density at radius 2 is 1.64 bits per heavy atom. The highest BCUT2D eigenvalue weighted by molar-refractivity contribution is 6.31. The Hall–Kier alpha value is -2.80. The average Bonchev–Trinajstić information content (AvgIpc) is 2.72. The second-order valence-corrected chi connectivity index (χ2v) is 10.2. The number of rotatable bonds is 4. The predicted octanol–water partition coefficient (Wildman–Crippen LogP) is 4.37. The van der Waals surface area contributed by atoms with Crippen molar-refractivity contribution in [3.8, 4) is 0 Å². The van der Waals surface area contributed by atoms with Crippen LogP contribution < -0.4 is 10.6 Å². The highest BCUT2D eigenvalue weighted by atomic mass is 35.5. The van der Waals surface area contributed by atoms with Gasteiger partial charge < -0.3 is 20.3 Å². The molecular formula is C25H32ClN3O4. The third kappa shape index (κ3) is 6.60. The fourth-order valence-electron chi connectivity index (χ4n) is 4.16. The summed E-state index contributed by atoms with van der Waals surface area (Å²) in [5, 5.41) is 8.44. The van der Waals surface area contributed by atoms with Crippen LogP contribution in [0.4, 0.5) is 4.79 Å². The highest BCUT2D eigenvalue weighted by Crippen LogP contribution is 2.27. The molecule has 1 unspecified atom stereocenters. The summed E-state index contributed by atoms with van der Waals surface area (Å²) in [6.45, 7) is 5.37. The second-order valence-electron chi connectivity index (χ2n) is 9.78. The van der Waals surface area contributed by atoms with E-state index in [2.05, 4.69) is 10.6 Å². The molecule has 0 aliphatic heterocycles. The number of hydrogen-bond donors (Lipinski definition) is 2. The molecule has 2 aromatic carbocycles. The summed E-state index contributed by atoms with van der Waals surface area (Å²) >= 11 is 6.05. The molecule has 33 heavy (non-hydrogen) atoms. The normalized spacial score (nSPS) is 20.7. The summed E-state index contributed by atoms with van der Waals surface area (Å²) in [5.74, 6) is -0.437. The highest BCUT2D eigenvalue weighted by Gasteiger charge is 2.37. The number of nitrogens with zero attached hydrogens (tertiary/aromatic N) is 1. The summed E-state index contributed by atoms with van der Waals surface area (Å²) in [6.07, 6.45) is 1.06. The number of fused-ring (bicyclic) bond motifs is 1. The summed E-state index contributed by atoms with van der Waals surface area (Å²) < 4.78 is 5.41. The largest absolute Gasteiger partial charge is 0.444 e. The maximum absolute atomic E-state index is 13.1. The fraction of sp³-hybridized carbons (Fsp3) is 0.480. The van der Waals surface area contributed by atoms with Gasteiger partial charge in [-0.25, -0.2) is 4.79 Å². The van der Waals surface area contributed by atoms with E-state index in [1.807, 2.05) is 24.3 Å². The average molecular weight is 474 g/mol. The van der Waals surface area contributed by atoms with Crippen LogP contribution in [0.5, 0.6) is 0 Å². The number of carbonyl (C=O) groups is 3. The van der Waals surface area contributed by atoms with Gasteiger partial charge in [-0.05, 0) is 75.1 Å². The van der Waals surface area contributed by atoms with Crippen LogP contribution >= 0.6 is 11.6 Å². The first-order valence-electron chi connectivity index (χ1n) is 11.1. The Balaban J connectivity index is 1.76. The minimum atomic E-state index is -0.648. The first-order valence-corrected chi connectivity index (χ1v) is 11.5. The molecule has 1 aliphatic carbocycles. The summed E-state index contributed by atoms with van der Waals surface area (Å²) in [6, 6.07) is 10.2. The van der Waals surface area contributed by atoms with Crippen LogP contribution in [0.1, 0.15) is 50.4 Å². The number of benzene rings is 2. The van der Waals surface area contributed by atoms with Crippen LogP contribution in [0.2, 0.25) is 5.02 Å². The first kappa shape index (κ1) is 24.8. The van der Waals surface area contributed by atoms with Gasteiger partial charge in [-0.15, -0.1) is 0 Å². The number of amides is 3. The van der Waals surface area contributed by atoms with E-state index in [4.69, 9.17) is 16.3 Å². The molecule has 1 saturated carbocycles. The van der Waals surface area contributed by atoms with E-state index < -0.39 is 17.7 Å². The molecule has 3 amide bonds. The SMILES string of the molecule is CN(C)C(=O)C1CC[C@H](NC(=O)c2ccc3cc(Cl)ccc3c2)[C@H](NC(=O)OC(C)(C)C)C1. The molecule has 0 aromatic heterocycles. The van der Waals surface area contributed by atoms with Gasteiger partial charge in [0.05, 0.1) is 6.04 Å². The molecule has 2 aromatic rings. The third-order valence-corrected chi connectivity index (χ3v) is 5.96. The number of halogens is 1. The van der Waals surface area contributed by atoms with Gasteiger partial charge in [-0.3, -0.25) is 9.59 Å². The van der Waals surface area contributed by atoms with E-state index in [1.54, 1.807) is 51.9 Å². The van der Waals surface area contributed by atoms with Crippen molar-refractivity contribution in [2.75, 3.05) is 14.1 Å². The topological polar surface area (TPSA) is 87.7 Å². The smallest absolute Gasteiger partial charge is 0.407 e. The Kier molecular flexibility index (Phi) is 7.52. The monoisotopic (exact) mass is 473 g/mol. The van der Waals surface area contributed by atoms with E-state index in [0.717, 1.165) is 10.8 Å². The Bertz CT molecular complexity index is 1050. The second kappa shape index (κ2) is 10.00. The molecule has 7 nitrogen and oxygen atoms in total. The summed E-state index contributed by atoms with van der Waals surface area (Å²) in [4.78, 5) is 39.6. The Morgan fingerprint density at radius 3 is 2.30 bits per heavy atom. The van der Waals surface area contributed by atoms with Gasteiger partial charge in [0.25, 0.3) is 5.91 Å². The maximum Gasteiger partial charge on any atom is 0.407 e. The number of ether oxygens (including phenoxy) is 1. The standard InChI is InChI=1S/C25H32ClN3O4/c1-25(2,3)33-24(32)28-21-14-18(23(31)29(4)5)9-11-20(21)27-22(30)17-7-6-16-13-19(26)10-8-15(16)12-17/h6-8,10,12-13,18,20-21H,9,11,14H2,1-5H3,(H,27,30)(H,28,32)/t18?,20-,21+/m0/s1. The van der Waals surface area contributed by atoms with Gasteiger partial charge in [-0.2, -0.15) is 0 Å². The van der Waals surface area contributed by atoms with Crippen LogP contribution in [-0.2, 0) is 9.53 Å². The molecule has 178 valence electrons. The molecule has 8 heteroatoms. The molecule has 1 aliphatic rings. The minimum absolute atomic E-state index is 0.0176.